The van der Waals surface area contributed by atoms with Crippen LogP contribution < -0.4 is 10.1 Å². The van der Waals surface area contributed by atoms with Gasteiger partial charge in [0.1, 0.15) is 23.6 Å². The third-order valence-electron chi connectivity index (χ3n) is 6.33. The van der Waals surface area contributed by atoms with Crippen LogP contribution in [0.1, 0.15) is 62.0 Å². The molecule has 4 rings (SSSR count). The number of hydrogen-bond donors (Lipinski definition) is 1. The van der Waals surface area contributed by atoms with Gasteiger partial charge in [0.2, 0.25) is 0 Å². The van der Waals surface area contributed by atoms with Gasteiger partial charge in [0, 0.05) is 24.4 Å². The van der Waals surface area contributed by atoms with Crippen LogP contribution in [-0.2, 0) is 22.6 Å². The second kappa shape index (κ2) is 11.1. The average Bonchev–Trinajstić information content (AvgIpc) is 2.83. The first-order valence-corrected chi connectivity index (χ1v) is 12.4. The van der Waals surface area contributed by atoms with Crippen molar-refractivity contribution in [2.24, 2.45) is 0 Å². The molecule has 34 heavy (non-hydrogen) atoms. The van der Waals surface area contributed by atoms with Gasteiger partial charge in [-0.2, -0.15) is 0 Å². The molecule has 3 aromatic carbocycles. The van der Waals surface area contributed by atoms with Gasteiger partial charge in [-0.1, -0.05) is 73.5 Å². The van der Waals surface area contributed by atoms with E-state index in [1.54, 1.807) is 0 Å². The number of aryl methyl sites for hydroxylation is 1. The molecule has 1 heterocycles. The first-order valence-electron chi connectivity index (χ1n) is 12.4. The van der Waals surface area contributed by atoms with Crippen LogP contribution >= 0.6 is 0 Å². The predicted molar refractivity (Wildman–Crippen MR) is 138 cm³/mol. The SMILES string of the molecule is CCCCOC1c2cc(NCc3ccccc3)ccc2OC(C)(C)C1OCc1ccc(C)cc1. The van der Waals surface area contributed by atoms with Gasteiger partial charge in [0.25, 0.3) is 0 Å². The summed E-state index contributed by atoms with van der Waals surface area (Å²) >= 11 is 0. The molecule has 1 aliphatic rings. The third-order valence-corrected chi connectivity index (χ3v) is 6.33. The molecule has 2 unspecified atom stereocenters. The minimum atomic E-state index is -0.520. The number of benzene rings is 3. The Morgan fingerprint density at radius 2 is 1.68 bits per heavy atom. The normalized spacial score (nSPS) is 18.7. The fourth-order valence-electron chi connectivity index (χ4n) is 4.33. The van der Waals surface area contributed by atoms with E-state index in [-0.39, 0.29) is 12.2 Å². The van der Waals surface area contributed by atoms with Crippen molar-refractivity contribution in [1.29, 1.82) is 0 Å². The smallest absolute Gasteiger partial charge is 0.132 e. The fourth-order valence-corrected chi connectivity index (χ4v) is 4.33. The van der Waals surface area contributed by atoms with Crippen LogP contribution in [-0.4, -0.2) is 18.3 Å². The van der Waals surface area contributed by atoms with E-state index in [0.29, 0.717) is 13.2 Å². The van der Waals surface area contributed by atoms with E-state index in [4.69, 9.17) is 14.2 Å². The number of nitrogens with one attached hydrogen (secondary N) is 1. The Morgan fingerprint density at radius 3 is 2.41 bits per heavy atom. The molecule has 0 aromatic heterocycles. The molecule has 1 aliphatic heterocycles. The van der Waals surface area contributed by atoms with Crippen molar-refractivity contribution in [1.82, 2.24) is 0 Å². The van der Waals surface area contributed by atoms with E-state index < -0.39 is 5.60 Å². The quantitative estimate of drug-likeness (QED) is 0.325. The van der Waals surface area contributed by atoms with Crippen molar-refractivity contribution in [2.45, 2.75) is 71.5 Å². The van der Waals surface area contributed by atoms with E-state index in [9.17, 15) is 0 Å². The van der Waals surface area contributed by atoms with E-state index >= 15 is 0 Å². The van der Waals surface area contributed by atoms with Crippen molar-refractivity contribution in [3.63, 3.8) is 0 Å². The molecule has 4 nitrogen and oxygen atoms in total. The molecule has 0 amide bonds. The molecule has 0 saturated heterocycles. The second-order valence-corrected chi connectivity index (χ2v) is 9.66. The Balaban J connectivity index is 1.57. The summed E-state index contributed by atoms with van der Waals surface area (Å²) in [6.45, 7) is 10.4. The summed E-state index contributed by atoms with van der Waals surface area (Å²) in [4.78, 5) is 0. The van der Waals surface area contributed by atoms with Gasteiger partial charge in [-0.15, -0.1) is 0 Å². The number of anilines is 1. The van der Waals surface area contributed by atoms with E-state index in [2.05, 4.69) is 99.7 Å². The summed E-state index contributed by atoms with van der Waals surface area (Å²) < 4.78 is 19.5. The molecule has 2 atom stereocenters. The Kier molecular flexibility index (Phi) is 7.91. The molecule has 0 radical (unpaired) electrons. The van der Waals surface area contributed by atoms with Crippen molar-refractivity contribution >= 4 is 5.69 Å². The van der Waals surface area contributed by atoms with Crippen molar-refractivity contribution in [3.8, 4) is 5.75 Å². The van der Waals surface area contributed by atoms with Gasteiger partial charge in [-0.05, 0) is 56.5 Å². The van der Waals surface area contributed by atoms with Crippen molar-refractivity contribution in [3.05, 3.63) is 95.1 Å². The van der Waals surface area contributed by atoms with Crippen LogP contribution in [0.5, 0.6) is 5.75 Å². The molecule has 180 valence electrons. The standard InChI is InChI=1S/C30H37NO3/c1-5-6-18-32-28-26-19-25(31-20-23-10-8-7-9-11-23)16-17-27(26)34-30(3,4)29(28)33-21-24-14-12-22(2)13-15-24/h7-17,19,28-29,31H,5-6,18,20-21H2,1-4H3. The largest absolute Gasteiger partial charge is 0.485 e. The van der Waals surface area contributed by atoms with Gasteiger partial charge in [0.15, 0.2) is 0 Å². The van der Waals surface area contributed by atoms with E-state index in [0.717, 1.165) is 42.0 Å². The van der Waals surface area contributed by atoms with Crippen LogP contribution in [0.15, 0.2) is 72.8 Å². The highest BCUT2D eigenvalue weighted by atomic mass is 16.6. The summed E-state index contributed by atoms with van der Waals surface area (Å²) in [6, 6.07) is 25.2. The number of unbranched alkanes of at least 4 members (excludes halogenated alkanes) is 1. The zero-order valence-electron chi connectivity index (χ0n) is 20.8. The van der Waals surface area contributed by atoms with Crippen LogP contribution in [0.2, 0.25) is 0 Å². The zero-order chi connectivity index (χ0) is 24.0. The highest BCUT2D eigenvalue weighted by Crippen LogP contribution is 2.44. The van der Waals surface area contributed by atoms with Crippen LogP contribution in [0.25, 0.3) is 0 Å². The lowest BCUT2D eigenvalue weighted by molar-refractivity contribution is -0.167. The predicted octanol–water partition coefficient (Wildman–Crippen LogP) is 7.22. The highest BCUT2D eigenvalue weighted by molar-refractivity contribution is 5.54. The van der Waals surface area contributed by atoms with Gasteiger partial charge in [-0.3, -0.25) is 0 Å². The first-order chi connectivity index (χ1) is 16.5. The summed E-state index contributed by atoms with van der Waals surface area (Å²) in [5.74, 6) is 0.868. The molecule has 0 saturated carbocycles. The Bertz CT molecular complexity index is 1050. The summed E-state index contributed by atoms with van der Waals surface area (Å²) in [7, 11) is 0. The maximum Gasteiger partial charge on any atom is 0.132 e. The lowest BCUT2D eigenvalue weighted by Crippen LogP contribution is -2.51. The number of rotatable bonds is 10. The molecule has 4 heteroatoms. The Labute approximate surface area is 204 Å². The molecule has 0 spiro atoms. The monoisotopic (exact) mass is 459 g/mol. The Hall–Kier alpha value is -2.82. The highest BCUT2D eigenvalue weighted by Gasteiger charge is 2.45. The molecular formula is C30H37NO3. The maximum atomic E-state index is 6.52. The van der Waals surface area contributed by atoms with E-state index in [1.165, 1.54) is 11.1 Å². The molecule has 3 aromatic rings. The van der Waals surface area contributed by atoms with Gasteiger partial charge in [0.05, 0.1) is 6.61 Å². The number of fused-ring (bicyclic) bond motifs is 1. The minimum absolute atomic E-state index is 0.200. The molecule has 0 fully saturated rings. The molecule has 0 aliphatic carbocycles. The fraction of sp³-hybridized carbons (Fsp3) is 0.400. The zero-order valence-corrected chi connectivity index (χ0v) is 20.8. The van der Waals surface area contributed by atoms with Crippen LogP contribution in [0, 0.1) is 6.92 Å². The number of ether oxygens (including phenoxy) is 3. The lowest BCUT2D eigenvalue weighted by Gasteiger charge is -2.44. The minimum Gasteiger partial charge on any atom is -0.485 e. The maximum absolute atomic E-state index is 6.52. The summed E-state index contributed by atoms with van der Waals surface area (Å²) in [5, 5.41) is 3.55. The second-order valence-electron chi connectivity index (χ2n) is 9.66. The van der Waals surface area contributed by atoms with Gasteiger partial charge in [-0.25, -0.2) is 0 Å². The van der Waals surface area contributed by atoms with Crippen LogP contribution in [0.3, 0.4) is 0 Å². The van der Waals surface area contributed by atoms with Crippen molar-refractivity contribution in [2.75, 3.05) is 11.9 Å². The Morgan fingerprint density at radius 1 is 0.912 bits per heavy atom. The van der Waals surface area contributed by atoms with E-state index in [1.807, 2.05) is 6.07 Å². The average molecular weight is 460 g/mol. The third kappa shape index (κ3) is 5.99. The lowest BCUT2D eigenvalue weighted by atomic mass is 9.87. The van der Waals surface area contributed by atoms with Crippen molar-refractivity contribution < 1.29 is 14.2 Å². The van der Waals surface area contributed by atoms with Gasteiger partial charge < -0.3 is 19.5 Å². The summed E-state index contributed by atoms with van der Waals surface area (Å²) in [6.07, 6.45) is 1.67. The van der Waals surface area contributed by atoms with Gasteiger partial charge >= 0.3 is 0 Å². The molecular weight excluding hydrogens is 422 g/mol. The first kappa shape index (κ1) is 24.3. The summed E-state index contributed by atoms with van der Waals surface area (Å²) in [5.41, 5.74) is 5.21. The number of hydrogen-bond acceptors (Lipinski definition) is 4. The molecule has 0 bridgehead atoms. The topological polar surface area (TPSA) is 39.7 Å². The molecule has 1 N–H and O–H groups in total. The van der Waals surface area contributed by atoms with Crippen LogP contribution in [0.4, 0.5) is 5.69 Å².